The van der Waals surface area contributed by atoms with Gasteiger partial charge in [-0.15, -0.1) is 0 Å². The van der Waals surface area contributed by atoms with Crippen LogP contribution in [0.3, 0.4) is 0 Å². The highest BCUT2D eigenvalue weighted by atomic mass is 28.4. The van der Waals surface area contributed by atoms with E-state index in [9.17, 15) is 0 Å². The molecule has 0 spiro atoms. The molecule has 0 aromatic heterocycles. The van der Waals surface area contributed by atoms with E-state index in [1.165, 1.54) is 58.4 Å². The standard InChI is InChI=1S/C19H45N5OSi2/c1-6-10-22-14-16-24(17-15-22)19-27(4,5)25-26(2,3)18-21-9-13-23-11-7-20-8-12-23/h20-21H,6-19H2,1-5H3. The monoisotopic (exact) mass is 415 g/mol. The lowest BCUT2D eigenvalue weighted by Gasteiger charge is -2.40. The predicted octanol–water partition coefficient (Wildman–Crippen LogP) is 1.01. The van der Waals surface area contributed by atoms with E-state index in [1.54, 1.807) is 0 Å². The minimum Gasteiger partial charge on any atom is -0.454 e. The van der Waals surface area contributed by atoms with E-state index < -0.39 is 16.6 Å². The zero-order valence-electron chi connectivity index (χ0n) is 18.6. The third-order valence-electron chi connectivity index (χ3n) is 5.53. The maximum Gasteiger partial charge on any atom is 0.187 e. The van der Waals surface area contributed by atoms with Crippen LogP contribution < -0.4 is 10.6 Å². The van der Waals surface area contributed by atoms with Crippen LogP contribution in [0.4, 0.5) is 0 Å². The van der Waals surface area contributed by atoms with Gasteiger partial charge in [-0.25, -0.2) is 0 Å². The quantitative estimate of drug-likeness (QED) is 0.388. The molecule has 0 aliphatic carbocycles. The molecule has 8 heteroatoms. The van der Waals surface area contributed by atoms with Crippen LogP contribution in [0.5, 0.6) is 0 Å². The van der Waals surface area contributed by atoms with Gasteiger partial charge >= 0.3 is 0 Å². The fraction of sp³-hybridized carbons (Fsp3) is 1.00. The maximum atomic E-state index is 6.83. The summed E-state index contributed by atoms with van der Waals surface area (Å²) in [4.78, 5) is 7.81. The van der Waals surface area contributed by atoms with Crippen molar-refractivity contribution in [2.45, 2.75) is 39.5 Å². The lowest BCUT2D eigenvalue weighted by Crippen LogP contribution is -2.58. The average molecular weight is 416 g/mol. The third kappa shape index (κ3) is 9.49. The zero-order chi connectivity index (χ0) is 19.8. The van der Waals surface area contributed by atoms with Crippen molar-refractivity contribution in [3.05, 3.63) is 0 Å². The van der Waals surface area contributed by atoms with Gasteiger partial charge in [0.2, 0.25) is 0 Å². The molecule has 2 fully saturated rings. The lowest BCUT2D eigenvalue weighted by molar-refractivity contribution is 0.143. The first-order valence-electron chi connectivity index (χ1n) is 11.1. The minimum atomic E-state index is -1.65. The van der Waals surface area contributed by atoms with E-state index in [1.807, 2.05) is 0 Å². The Morgan fingerprint density at radius 2 is 1.41 bits per heavy atom. The van der Waals surface area contributed by atoms with Crippen molar-refractivity contribution in [3.8, 4) is 0 Å². The second-order valence-electron chi connectivity index (χ2n) is 9.51. The summed E-state index contributed by atoms with van der Waals surface area (Å²) in [5.74, 6) is 0. The highest BCUT2D eigenvalue weighted by molar-refractivity contribution is 6.85. The molecule has 2 aliphatic heterocycles. The summed E-state index contributed by atoms with van der Waals surface area (Å²) in [6, 6.07) is 0. The molecule has 6 nitrogen and oxygen atoms in total. The van der Waals surface area contributed by atoms with E-state index in [2.05, 4.69) is 58.4 Å². The number of nitrogens with one attached hydrogen (secondary N) is 2. The fourth-order valence-electron chi connectivity index (χ4n) is 4.40. The molecule has 160 valence electrons. The lowest BCUT2D eigenvalue weighted by atomic mass is 10.3. The Morgan fingerprint density at radius 3 is 2.04 bits per heavy atom. The molecule has 0 aromatic rings. The number of piperazine rings is 2. The van der Waals surface area contributed by atoms with Crippen LogP contribution in [0.2, 0.25) is 26.2 Å². The van der Waals surface area contributed by atoms with Crippen molar-refractivity contribution in [2.24, 2.45) is 0 Å². The Morgan fingerprint density at radius 1 is 0.815 bits per heavy atom. The maximum absolute atomic E-state index is 6.83. The normalized spacial score (nSPS) is 21.7. The summed E-state index contributed by atoms with van der Waals surface area (Å²) < 4.78 is 6.83. The summed E-state index contributed by atoms with van der Waals surface area (Å²) in [5, 5.41) is 7.12. The Hall–Kier alpha value is 0.194. The largest absolute Gasteiger partial charge is 0.454 e. The summed E-state index contributed by atoms with van der Waals surface area (Å²) in [7, 11) is -3.30. The molecule has 0 radical (unpaired) electrons. The SMILES string of the molecule is CCCN1CCN(C[Si](C)(C)O[Si](C)(C)CNCCN2CCNCC2)CC1. The van der Waals surface area contributed by atoms with Gasteiger partial charge in [0.1, 0.15) is 0 Å². The average Bonchev–Trinajstić information content (AvgIpc) is 2.60. The minimum absolute atomic E-state index is 1.07. The van der Waals surface area contributed by atoms with Crippen molar-refractivity contribution in [1.82, 2.24) is 25.3 Å². The van der Waals surface area contributed by atoms with Crippen molar-refractivity contribution >= 4 is 16.6 Å². The zero-order valence-corrected chi connectivity index (χ0v) is 20.6. The van der Waals surface area contributed by atoms with Crippen molar-refractivity contribution in [3.63, 3.8) is 0 Å². The highest BCUT2D eigenvalue weighted by Crippen LogP contribution is 2.16. The molecule has 2 saturated heterocycles. The first-order chi connectivity index (χ1) is 12.8. The molecule has 0 atom stereocenters. The van der Waals surface area contributed by atoms with Gasteiger partial charge in [0, 0.05) is 77.8 Å². The molecular weight excluding hydrogens is 370 g/mol. The van der Waals surface area contributed by atoms with Crippen molar-refractivity contribution in [2.75, 3.05) is 84.3 Å². The van der Waals surface area contributed by atoms with Crippen LogP contribution in [-0.2, 0) is 4.12 Å². The van der Waals surface area contributed by atoms with Gasteiger partial charge in [0.15, 0.2) is 16.6 Å². The molecule has 0 saturated carbocycles. The van der Waals surface area contributed by atoms with Crippen LogP contribution in [-0.4, -0.2) is 116 Å². The van der Waals surface area contributed by atoms with Gasteiger partial charge in [0.25, 0.3) is 0 Å². The fourth-order valence-corrected chi connectivity index (χ4v) is 13.1. The Balaban J connectivity index is 1.64. The summed E-state index contributed by atoms with van der Waals surface area (Å²) in [6.07, 6.45) is 3.52. The smallest absolute Gasteiger partial charge is 0.187 e. The molecule has 2 heterocycles. The summed E-state index contributed by atoms with van der Waals surface area (Å²) in [6.45, 7) is 24.9. The summed E-state index contributed by atoms with van der Waals surface area (Å²) >= 11 is 0. The van der Waals surface area contributed by atoms with Gasteiger partial charge in [-0.3, -0.25) is 4.90 Å². The van der Waals surface area contributed by atoms with Crippen LogP contribution in [0.1, 0.15) is 13.3 Å². The van der Waals surface area contributed by atoms with E-state index in [4.69, 9.17) is 4.12 Å². The Bertz CT molecular complexity index is 411. The molecule has 2 N–H and O–H groups in total. The van der Waals surface area contributed by atoms with E-state index >= 15 is 0 Å². The second kappa shape index (κ2) is 11.4. The Labute approximate surface area is 170 Å². The summed E-state index contributed by atoms with van der Waals surface area (Å²) in [5.41, 5.74) is 0. The number of hydrogen-bond acceptors (Lipinski definition) is 6. The van der Waals surface area contributed by atoms with Crippen LogP contribution in [0.25, 0.3) is 0 Å². The van der Waals surface area contributed by atoms with E-state index in [0.717, 1.165) is 32.3 Å². The van der Waals surface area contributed by atoms with Crippen LogP contribution in [0.15, 0.2) is 0 Å². The topological polar surface area (TPSA) is 43.0 Å². The van der Waals surface area contributed by atoms with Gasteiger partial charge in [-0.05, 0) is 39.2 Å². The number of hydrogen-bond donors (Lipinski definition) is 2. The first kappa shape index (κ1) is 23.5. The van der Waals surface area contributed by atoms with E-state index in [-0.39, 0.29) is 0 Å². The van der Waals surface area contributed by atoms with Crippen LogP contribution in [0, 0.1) is 0 Å². The molecule has 0 bridgehead atoms. The second-order valence-corrected chi connectivity index (χ2v) is 18.0. The third-order valence-corrected chi connectivity index (χ3v) is 12.3. The van der Waals surface area contributed by atoms with Crippen molar-refractivity contribution < 1.29 is 4.12 Å². The van der Waals surface area contributed by atoms with Crippen LogP contribution >= 0.6 is 0 Å². The molecule has 27 heavy (non-hydrogen) atoms. The Kier molecular flexibility index (Phi) is 9.91. The van der Waals surface area contributed by atoms with E-state index in [0.29, 0.717) is 0 Å². The molecular formula is C19H45N5OSi2. The molecule has 0 unspecified atom stereocenters. The van der Waals surface area contributed by atoms with Crippen molar-refractivity contribution in [1.29, 1.82) is 0 Å². The van der Waals surface area contributed by atoms with Gasteiger partial charge in [-0.2, -0.15) is 0 Å². The van der Waals surface area contributed by atoms with Gasteiger partial charge in [0.05, 0.1) is 0 Å². The predicted molar refractivity (Wildman–Crippen MR) is 121 cm³/mol. The molecule has 2 aliphatic rings. The first-order valence-corrected chi connectivity index (χ1v) is 17.3. The molecule has 0 amide bonds. The number of rotatable bonds is 11. The van der Waals surface area contributed by atoms with Gasteiger partial charge in [-0.1, -0.05) is 6.92 Å². The van der Waals surface area contributed by atoms with Gasteiger partial charge < -0.3 is 24.5 Å². The number of nitrogens with zero attached hydrogens (tertiary/aromatic N) is 3. The highest BCUT2D eigenvalue weighted by Gasteiger charge is 2.35. The molecule has 2 rings (SSSR count). The molecule has 0 aromatic carbocycles.